The third-order valence-electron chi connectivity index (χ3n) is 3.91. The average molecular weight is 290 g/mol. The molecular formula is C12H22N2O4S. The van der Waals surface area contributed by atoms with Gasteiger partial charge in [-0.2, -0.15) is 17.0 Å². The lowest BCUT2D eigenvalue weighted by atomic mass is 9.92. The molecule has 0 radical (unpaired) electrons. The summed E-state index contributed by atoms with van der Waals surface area (Å²) >= 11 is 0. The van der Waals surface area contributed by atoms with E-state index < -0.39 is 22.1 Å². The van der Waals surface area contributed by atoms with Gasteiger partial charge in [0.25, 0.3) is 10.2 Å². The molecule has 2 rings (SSSR count). The van der Waals surface area contributed by atoms with Crippen LogP contribution in [0.2, 0.25) is 0 Å². The van der Waals surface area contributed by atoms with E-state index >= 15 is 0 Å². The number of carboxylic acids is 1. The summed E-state index contributed by atoms with van der Waals surface area (Å²) in [6, 6.07) is 0. The van der Waals surface area contributed by atoms with Crippen LogP contribution in [0.4, 0.5) is 0 Å². The second-order valence-corrected chi connectivity index (χ2v) is 7.96. The topological polar surface area (TPSA) is 77.9 Å². The van der Waals surface area contributed by atoms with Crippen molar-refractivity contribution in [1.82, 2.24) is 8.61 Å². The lowest BCUT2D eigenvalue weighted by molar-refractivity contribution is -0.143. The summed E-state index contributed by atoms with van der Waals surface area (Å²) < 4.78 is 27.6. The maximum absolute atomic E-state index is 12.4. The Balaban J connectivity index is 2.07. The van der Waals surface area contributed by atoms with Gasteiger partial charge >= 0.3 is 5.97 Å². The highest BCUT2D eigenvalue weighted by Gasteiger charge is 2.38. The quantitative estimate of drug-likeness (QED) is 0.805. The number of hydrogen-bond donors (Lipinski definition) is 1. The van der Waals surface area contributed by atoms with E-state index in [4.69, 9.17) is 5.11 Å². The first-order valence-corrected chi connectivity index (χ1v) is 8.14. The van der Waals surface area contributed by atoms with Crippen LogP contribution in [0.3, 0.4) is 0 Å². The first kappa shape index (κ1) is 14.7. The lowest BCUT2D eigenvalue weighted by Crippen LogP contribution is -2.50. The molecule has 0 spiro atoms. The molecule has 0 aromatic carbocycles. The number of carboxylic acid groups (broad SMARTS) is 1. The van der Waals surface area contributed by atoms with Crippen molar-refractivity contribution in [2.75, 3.05) is 26.7 Å². The van der Waals surface area contributed by atoms with Crippen molar-refractivity contribution in [2.24, 2.45) is 17.8 Å². The summed E-state index contributed by atoms with van der Waals surface area (Å²) in [6.45, 7) is 2.96. The van der Waals surface area contributed by atoms with E-state index in [1.807, 2.05) is 6.92 Å². The van der Waals surface area contributed by atoms with E-state index in [1.165, 1.54) is 8.61 Å². The molecule has 0 aromatic rings. The molecule has 7 heteroatoms. The summed E-state index contributed by atoms with van der Waals surface area (Å²) in [5.41, 5.74) is 0. The maximum atomic E-state index is 12.4. The number of piperidine rings is 1. The maximum Gasteiger partial charge on any atom is 0.307 e. The molecule has 1 aliphatic heterocycles. The van der Waals surface area contributed by atoms with Gasteiger partial charge in [-0.05, 0) is 31.1 Å². The van der Waals surface area contributed by atoms with Gasteiger partial charge in [-0.25, -0.2) is 0 Å². The Labute approximate surface area is 114 Å². The first-order valence-electron chi connectivity index (χ1n) is 6.75. The van der Waals surface area contributed by atoms with E-state index in [1.54, 1.807) is 7.05 Å². The molecule has 1 saturated carbocycles. The van der Waals surface area contributed by atoms with Gasteiger partial charge in [0.2, 0.25) is 0 Å². The van der Waals surface area contributed by atoms with Crippen LogP contribution in [0.25, 0.3) is 0 Å². The SMILES string of the molecule is CC1CC(C(=O)O)CN(S(=O)(=O)N(C)CC2CC2)C1. The Bertz CT molecular complexity index is 447. The number of carbonyl (C=O) groups is 1. The lowest BCUT2D eigenvalue weighted by Gasteiger charge is -2.35. The van der Waals surface area contributed by atoms with Crippen molar-refractivity contribution in [3.63, 3.8) is 0 Å². The van der Waals surface area contributed by atoms with E-state index in [0.717, 1.165) is 12.8 Å². The predicted molar refractivity (Wildman–Crippen MR) is 70.8 cm³/mol. The molecule has 1 saturated heterocycles. The highest BCUT2D eigenvalue weighted by molar-refractivity contribution is 7.86. The molecule has 1 N–H and O–H groups in total. The molecule has 0 bridgehead atoms. The van der Waals surface area contributed by atoms with Crippen LogP contribution in [0.1, 0.15) is 26.2 Å². The highest BCUT2D eigenvalue weighted by atomic mass is 32.2. The minimum atomic E-state index is -3.51. The Hall–Kier alpha value is -0.660. The summed E-state index contributed by atoms with van der Waals surface area (Å²) in [5, 5.41) is 9.10. The summed E-state index contributed by atoms with van der Waals surface area (Å²) in [4.78, 5) is 11.1. The Kier molecular flexibility index (Phi) is 4.17. The van der Waals surface area contributed by atoms with Crippen LogP contribution >= 0.6 is 0 Å². The fourth-order valence-electron chi connectivity index (χ4n) is 2.63. The first-order chi connectivity index (χ1) is 8.80. The molecule has 2 atom stereocenters. The normalized spacial score (nSPS) is 29.6. The van der Waals surface area contributed by atoms with Crippen molar-refractivity contribution in [3.8, 4) is 0 Å². The van der Waals surface area contributed by atoms with Crippen molar-refractivity contribution in [1.29, 1.82) is 0 Å². The van der Waals surface area contributed by atoms with Crippen LogP contribution < -0.4 is 0 Å². The Morgan fingerprint density at radius 1 is 1.37 bits per heavy atom. The molecule has 0 amide bonds. The molecule has 2 aliphatic rings. The molecule has 2 fully saturated rings. The number of nitrogens with zero attached hydrogens (tertiary/aromatic N) is 2. The zero-order chi connectivity index (χ0) is 14.2. The number of rotatable bonds is 5. The molecule has 1 aliphatic carbocycles. The molecule has 19 heavy (non-hydrogen) atoms. The Morgan fingerprint density at radius 3 is 2.53 bits per heavy atom. The second-order valence-electron chi connectivity index (χ2n) is 5.92. The zero-order valence-electron chi connectivity index (χ0n) is 11.4. The minimum absolute atomic E-state index is 0.0824. The van der Waals surface area contributed by atoms with Crippen LogP contribution in [-0.4, -0.2) is 54.8 Å². The van der Waals surface area contributed by atoms with Crippen LogP contribution in [0.15, 0.2) is 0 Å². The number of aliphatic carboxylic acids is 1. The van der Waals surface area contributed by atoms with Gasteiger partial charge in [0.05, 0.1) is 5.92 Å². The standard InChI is InChI=1S/C12H22N2O4S/c1-9-5-11(12(15)16)8-14(6-9)19(17,18)13(2)7-10-3-4-10/h9-11H,3-8H2,1-2H3,(H,15,16). The fraction of sp³-hybridized carbons (Fsp3) is 0.917. The van der Waals surface area contributed by atoms with Crippen LogP contribution in [0, 0.1) is 17.8 Å². The third-order valence-corrected chi connectivity index (χ3v) is 5.80. The molecule has 2 unspecified atom stereocenters. The monoisotopic (exact) mass is 290 g/mol. The Morgan fingerprint density at radius 2 is 2.00 bits per heavy atom. The van der Waals surface area contributed by atoms with Crippen LogP contribution in [0.5, 0.6) is 0 Å². The largest absolute Gasteiger partial charge is 0.481 e. The zero-order valence-corrected chi connectivity index (χ0v) is 12.3. The van der Waals surface area contributed by atoms with Crippen molar-refractivity contribution in [2.45, 2.75) is 26.2 Å². The van der Waals surface area contributed by atoms with Gasteiger partial charge in [0.15, 0.2) is 0 Å². The second kappa shape index (κ2) is 5.38. The smallest absolute Gasteiger partial charge is 0.307 e. The summed E-state index contributed by atoms with van der Waals surface area (Å²) in [6.07, 6.45) is 2.73. The van der Waals surface area contributed by atoms with Crippen molar-refractivity contribution >= 4 is 16.2 Å². The van der Waals surface area contributed by atoms with Gasteiger partial charge in [-0.3, -0.25) is 4.79 Å². The van der Waals surface area contributed by atoms with E-state index in [2.05, 4.69) is 0 Å². The summed E-state index contributed by atoms with van der Waals surface area (Å²) in [5.74, 6) is -0.930. The van der Waals surface area contributed by atoms with Crippen molar-refractivity contribution < 1.29 is 18.3 Å². The molecule has 6 nitrogen and oxygen atoms in total. The summed E-state index contributed by atoms with van der Waals surface area (Å²) in [7, 11) is -1.93. The predicted octanol–water partition coefficient (Wildman–Crippen LogP) is 0.616. The van der Waals surface area contributed by atoms with Gasteiger partial charge in [-0.15, -0.1) is 0 Å². The molecule has 110 valence electrons. The van der Waals surface area contributed by atoms with E-state index in [-0.39, 0.29) is 12.5 Å². The molecule has 1 heterocycles. The van der Waals surface area contributed by atoms with Gasteiger partial charge in [-0.1, -0.05) is 6.92 Å². The van der Waals surface area contributed by atoms with Gasteiger partial charge in [0.1, 0.15) is 0 Å². The van der Waals surface area contributed by atoms with Gasteiger partial charge in [0, 0.05) is 26.7 Å². The fourth-order valence-corrected chi connectivity index (χ4v) is 4.23. The van der Waals surface area contributed by atoms with E-state index in [0.29, 0.717) is 25.4 Å². The van der Waals surface area contributed by atoms with Gasteiger partial charge < -0.3 is 5.11 Å². The number of hydrogen-bond acceptors (Lipinski definition) is 3. The molecule has 0 aromatic heterocycles. The van der Waals surface area contributed by atoms with E-state index in [9.17, 15) is 13.2 Å². The average Bonchev–Trinajstić information content (AvgIpc) is 3.11. The molecular weight excluding hydrogens is 268 g/mol. The van der Waals surface area contributed by atoms with Crippen LogP contribution in [-0.2, 0) is 15.0 Å². The van der Waals surface area contributed by atoms with Crippen molar-refractivity contribution in [3.05, 3.63) is 0 Å². The minimum Gasteiger partial charge on any atom is -0.481 e. The highest BCUT2D eigenvalue weighted by Crippen LogP contribution is 2.31. The third kappa shape index (κ3) is 3.46.